The number of rotatable bonds is 6. The van der Waals surface area contributed by atoms with Gasteiger partial charge in [-0.1, -0.05) is 56.3 Å². The van der Waals surface area contributed by atoms with Crippen molar-refractivity contribution in [1.82, 2.24) is 0 Å². The highest BCUT2D eigenvalue weighted by atomic mass is 16.6. The molecule has 3 aromatic rings. The molecule has 5 heteroatoms. The number of hydrogen-bond donors (Lipinski definition) is 1. The van der Waals surface area contributed by atoms with Gasteiger partial charge in [0, 0.05) is 17.0 Å². The molecule has 0 aromatic heterocycles. The van der Waals surface area contributed by atoms with Gasteiger partial charge in [0.25, 0.3) is 0 Å². The number of carbonyl (C=O) groups excluding carboxylic acids is 2. The van der Waals surface area contributed by atoms with Crippen LogP contribution >= 0.6 is 0 Å². The van der Waals surface area contributed by atoms with E-state index in [-0.39, 0.29) is 47.1 Å². The summed E-state index contributed by atoms with van der Waals surface area (Å²) in [5.41, 5.74) is 3.08. The van der Waals surface area contributed by atoms with Gasteiger partial charge in [-0.2, -0.15) is 0 Å². The minimum atomic E-state index is -0.277. The zero-order valence-corrected chi connectivity index (χ0v) is 19.9. The van der Waals surface area contributed by atoms with Gasteiger partial charge in [0.05, 0.1) is 11.8 Å². The van der Waals surface area contributed by atoms with Gasteiger partial charge in [0.1, 0.15) is 17.6 Å². The normalized spacial score (nSPS) is 26.5. The van der Waals surface area contributed by atoms with Crippen molar-refractivity contribution in [3.05, 3.63) is 90.0 Å². The van der Waals surface area contributed by atoms with E-state index in [1.54, 1.807) is 0 Å². The average molecular weight is 468 g/mol. The molecule has 2 saturated carbocycles. The number of esters is 1. The minimum absolute atomic E-state index is 0.0384. The molecule has 178 valence electrons. The van der Waals surface area contributed by atoms with E-state index in [1.165, 1.54) is 11.1 Å². The molecule has 1 saturated heterocycles. The van der Waals surface area contributed by atoms with Crippen LogP contribution < -0.4 is 10.1 Å². The lowest BCUT2D eigenvalue weighted by Gasteiger charge is -2.26. The van der Waals surface area contributed by atoms with E-state index >= 15 is 0 Å². The fraction of sp³-hybridized carbons (Fsp3) is 0.333. The SMILES string of the molecule is CC(C)(c1ccccc1)c1ccc(Oc2ccc(NC(=O)[C@@H]3[C@H]4C[C@@H]5[C@@H]3C(=O)O[C@@H]5C4)cc2)cc1. The highest BCUT2D eigenvalue weighted by Gasteiger charge is 2.63. The zero-order valence-electron chi connectivity index (χ0n) is 19.9. The third kappa shape index (κ3) is 3.79. The summed E-state index contributed by atoms with van der Waals surface area (Å²) in [5.74, 6) is 1.11. The third-order valence-electron chi connectivity index (χ3n) is 8.22. The van der Waals surface area contributed by atoms with E-state index in [0.29, 0.717) is 11.4 Å². The van der Waals surface area contributed by atoms with E-state index in [0.717, 1.165) is 18.6 Å². The van der Waals surface area contributed by atoms with Crippen molar-refractivity contribution in [2.75, 3.05) is 5.32 Å². The van der Waals surface area contributed by atoms with Gasteiger partial charge in [-0.05, 0) is 66.3 Å². The van der Waals surface area contributed by atoms with Gasteiger partial charge in [-0.15, -0.1) is 0 Å². The molecule has 1 amide bonds. The van der Waals surface area contributed by atoms with Crippen molar-refractivity contribution in [3.8, 4) is 11.5 Å². The van der Waals surface area contributed by atoms with Crippen molar-refractivity contribution in [3.63, 3.8) is 0 Å². The first-order valence-electron chi connectivity index (χ1n) is 12.4. The molecule has 0 spiro atoms. The molecule has 5 nitrogen and oxygen atoms in total. The molecule has 3 aliphatic rings. The Morgan fingerprint density at radius 1 is 0.886 bits per heavy atom. The molecule has 0 radical (unpaired) electrons. The largest absolute Gasteiger partial charge is 0.462 e. The Labute approximate surface area is 205 Å². The third-order valence-corrected chi connectivity index (χ3v) is 8.22. The molecule has 2 bridgehead atoms. The summed E-state index contributed by atoms with van der Waals surface area (Å²) in [4.78, 5) is 25.2. The molecule has 0 unspecified atom stereocenters. The number of anilines is 1. The van der Waals surface area contributed by atoms with E-state index in [2.05, 4.69) is 55.6 Å². The molecule has 2 aliphatic carbocycles. The second-order valence-corrected chi connectivity index (χ2v) is 10.6. The van der Waals surface area contributed by atoms with Gasteiger partial charge >= 0.3 is 5.97 Å². The van der Waals surface area contributed by atoms with E-state index in [9.17, 15) is 9.59 Å². The summed E-state index contributed by atoms with van der Waals surface area (Å²) in [7, 11) is 0. The van der Waals surface area contributed by atoms with Crippen LogP contribution in [0, 0.1) is 23.7 Å². The quantitative estimate of drug-likeness (QED) is 0.456. The summed E-state index contributed by atoms with van der Waals surface area (Å²) in [6, 6.07) is 26.0. The van der Waals surface area contributed by atoms with E-state index < -0.39 is 0 Å². The maximum Gasteiger partial charge on any atom is 0.310 e. The Morgan fingerprint density at radius 2 is 1.51 bits per heavy atom. The molecule has 3 aromatic carbocycles. The fourth-order valence-corrected chi connectivity index (χ4v) is 6.29. The smallest absolute Gasteiger partial charge is 0.310 e. The zero-order chi connectivity index (χ0) is 24.2. The van der Waals surface area contributed by atoms with Crippen LogP contribution in [0.3, 0.4) is 0 Å². The van der Waals surface area contributed by atoms with Crippen LogP contribution in [-0.4, -0.2) is 18.0 Å². The second kappa shape index (κ2) is 8.26. The van der Waals surface area contributed by atoms with Gasteiger partial charge in [-0.3, -0.25) is 9.59 Å². The maximum absolute atomic E-state index is 13.0. The first-order chi connectivity index (χ1) is 16.9. The van der Waals surface area contributed by atoms with Gasteiger partial charge in [-0.25, -0.2) is 0 Å². The number of carbonyl (C=O) groups is 2. The first kappa shape index (κ1) is 21.9. The first-order valence-corrected chi connectivity index (χ1v) is 12.4. The summed E-state index contributed by atoms with van der Waals surface area (Å²) in [6.07, 6.45) is 1.78. The van der Waals surface area contributed by atoms with Crippen LogP contribution in [0.4, 0.5) is 5.69 Å². The molecule has 1 N–H and O–H groups in total. The number of amides is 1. The minimum Gasteiger partial charge on any atom is -0.462 e. The molecule has 3 fully saturated rings. The van der Waals surface area contributed by atoms with E-state index in [4.69, 9.17) is 9.47 Å². The van der Waals surface area contributed by atoms with E-state index in [1.807, 2.05) is 42.5 Å². The Morgan fingerprint density at radius 3 is 2.20 bits per heavy atom. The van der Waals surface area contributed by atoms with Gasteiger partial charge in [0.2, 0.25) is 5.91 Å². The number of hydrogen-bond acceptors (Lipinski definition) is 4. The number of nitrogens with one attached hydrogen (secondary N) is 1. The van der Waals surface area contributed by atoms with Crippen LogP contribution in [0.5, 0.6) is 11.5 Å². The van der Waals surface area contributed by atoms with Gasteiger partial charge in [0.15, 0.2) is 0 Å². The standard InChI is InChI=1S/C30H29NO4/c1-30(2,19-6-4-3-5-7-19)20-8-12-22(13-9-20)34-23-14-10-21(11-15-23)31-28(32)26-18-16-24-25(17-18)35-29(33)27(24)26/h3-15,18,24-27H,16-17H2,1-2H3,(H,31,32)/t18-,24-,25+,26+,27-/m0/s1. The Balaban J connectivity index is 1.09. The predicted octanol–water partition coefficient (Wildman–Crippen LogP) is 5.94. The molecular weight excluding hydrogens is 438 g/mol. The van der Waals surface area contributed by atoms with Crippen molar-refractivity contribution >= 4 is 17.6 Å². The summed E-state index contributed by atoms with van der Waals surface area (Å²) in [5, 5.41) is 3.00. The molecule has 6 rings (SSSR count). The Hall–Kier alpha value is -3.60. The predicted molar refractivity (Wildman–Crippen MR) is 133 cm³/mol. The number of fused-ring (bicyclic) bond motifs is 1. The molecule has 1 aliphatic heterocycles. The second-order valence-electron chi connectivity index (χ2n) is 10.6. The summed E-state index contributed by atoms with van der Waals surface area (Å²) >= 11 is 0. The molecule has 1 heterocycles. The van der Waals surface area contributed by atoms with Crippen molar-refractivity contribution in [2.24, 2.45) is 23.7 Å². The highest BCUT2D eigenvalue weighted by Crippen LogP contribution is 2.57. The van der Waals surface area contributed by atoms with Crippen molar-refractivity contribution in [2.45, 2.75) is 38.2 Å². The van der Waals surface area contributed by atoms with Crippen molar-refractivity contribution in [1.29, 1.82) is 0 Å². The van der Waals surface area contributed by atoms with Crippen LogP contribution in [0.25, 0.3) is 0 Å². The van der Waals surface area contributed by atoms with Crippen LogP contribution in [-0.2, 0) is 19.7 Å². The van der Waals surface area contributed by atoms with Crippen LogP contribution in [0.15, 0.2) is 78.9 Å². The van der Waals surface area contributed by atoms with Crippen molar-refractivity contribution < 1.29 is 19.1 Å². The summed E-state index contributed by atoms with van der Waals surface area (Å²) in [6.45, 7) is 4.44. The monoisotopic (exact) mass is 467 g/mol. The van der Waals surface area contributed by atoms with Crippen LogP contribution in [0.1, 0.15) is 37.8 Å². The highest BCUT2D eigenvalue weighted by molar-refractivity contribution is 5.97. The lowest BCUT2D eigenvalue weighted by Crippen LogP contribution is -2.35. The lowest BCUT2D eigenvalue weighted by atomic mass is 9.78. The van der Waals surface area contributed by atoms with Gasteiger partial charge < -0.3 is 14.8 Å². The number of ether oxygens (including phenoxy) is 2. The average Bonchev–Trinajstić information content (AvgIpc) is 3.49. The Bertz CT molecular complexity index is 1250. The molecule has 5 atom stereocenters. The summed E-state index contributed by atoms with van der Waals surface area (Å²) < 4.78 is 11.5. The Kier molecular flexibility index (Phi) is 5.17. The molecule has 35 heavy (non-hydrogen) atoms. The number of benzene rings is 3. The maximum atomic E-state index is 13.0. The topological polar surface area (TPSA) is 64.6 Å². The van der Waals surface area contributed by atoms with Crippen LogP contribution in [0.2, 0.25) is 0 Å². The molecular formula is C30H29NO4. The lowest BCUT2D eigenvalue weighted by molar-refractivity contribution is -0.145. The fourth-order valence-electron chi connectivity index (χ4n) is 6.29.